The zero-order valence-corrected chi connectivity index (χ0v) is 14.4. The smallest absolute Gasteiger partial charge is 0.407 e. The van der Waals surface area contributed by atoms with E-state index in [1.165, 1.54) is 12.8 Å². The molecule has 0 bridgehead atoms. The van der Waals surface area contributed by atoms with Crippen molar-refractivity contribution in [2.45, 2.75) is 32.7 Å². The zero-order chi connectivity index (χ0) is 16.7. The number of carbonyl (C=O) groups excluding carboxylic acids is 1. The Morgan fingerprint density at radius 2 is 2.04 bits per heavy atom. The van der Waals surface area contributed by atoms with Gasteiger partial charge in [0.15, 0.2) is 0 Å². The Labute approximate surface area is 139 Å². The molecule has 1 saturated heterocycles. The number of para-hydroxylation sites is 1. The first-order chi connectivity index (χ1) is 11.2. The van der Waals surface area contributed by atoms with Crippen LogP contribution >= 0.6 is 0 Å². The van der Waals surface area contributed by atoms with Crippen molar-refractivity contribution in [3.8, 4) is 5.75 Å². The van der Waals surface area contributed by atoms with Gasteiger partial charge in [0.25, 0.3) is 0 Å². The first kappa shape index (κ1) is 17.6. The van der Waals surface area contributed by atoms with E-state index in [0.717, 1.165) is 30.3 Å². The van der Waals surface area contributed by atoms with Crippen LogP contribution in [0, 0.1) is 5.92 Å². The van der Waals surface area contributed by atoms with Crippen LogP contribution in [0.25, 0.3) is 0 Å². The number of amides is 1. The highest BCUT2D eigenvalue weighted by molar-refractivity contribution is 5.67. The molecule has 5 heteroatoms. The monoisotopic (exact) mass is 320 g/mol. The number of alkyl carbamates (subject to hydrolysis) is 1. The lowest BCUT2D eigenvalue weighted by atomic mass is 9.95. The molecule has 2 rings (SSSR count). The van der Waals surface area contributed by atoms with E-state index < -0.39 is 0 Å². The molecule has 1 aromatic rings. The molecule has 0 radical (unpaired) electrons. The van der Waals surface area contributed by atoms with Crippen LogP contribution in [0.15, 0.2) is 24.3 Å². The maximum absolute atomic E-state index is 11.7. The van der Waals surface area contributed by atoms with Crippen molar-refractivity contribution in [3.05, 3.63) is 29.8 Å². The Kier molecular flexibility index (Phi) is 6.71. The topological polar surface area (TPSA) is 50.8 Å². The average Bonchev–Trinajstić information content (AvgIpc) is 2.57. The highest BCUT2D eigenvalue weighted by Crippen LogP contribution is 2.31. The minimum Gasteiger partial charge on any atom is -0.496 e. The van der Waals surface area contributed by atoms with Crippen LogP contribution < -0.4 is 10.1 Å². The van der Waals surface area contributed by atoms with Crippen LogP contribution in [0.4, 0.5) is 4.79 Å². The Morgan fingerprint density at radius 1 is 1.35 bits per heavy atom. The van der Waals surface area contributed by atoms with E-state index in [-0.39, 0.29) is 12.1 Å². The highest BCUT2D eigenvalue weighted by Gasteiger charge is 2.27. The molecule has 5 nitrogen and oxygen atoms in total. The molecule has 1 fully saturated rings. The molecule has 1 aliphatic heterocycles. The summed E-state index contributed by atoms with van der Waals surface area (Å²) < 4.78 is 10.5. The molecule has 1 N–H and O–H groups in total. The lowest BCUT2D eigenvalue weighted by molar-refractivity contribution is 0.122. The third kappa shape index (κ3) is 4.86. The summed E-state index contributed by atoms with van der Waals surface area (Å²) in [4.78, 5) is 14.1. The largest absolute Gasteiger partial charge is 0.496 e. The fourth-order valence-electron chi connectivity index (χ4n) is 3.08. The third-order valence-corrected chi connectivity index (χ3v) is 4.47. The number of hydrogen-bond donors (Lipinski definition) is 1. The van der Waals surface area contributed by atoms with Crippen LogP contribution in [0.3, 0.4) is 0 Å². The zero-order valence-electron chi connectivity index (χ0n) is 14.4. The molecule has 1 heterocycles. The maximum Gasteiger partial charge on any atom is 0.407 e. The van der Waals surface area contributed by atoms with E-state index in [1.807, 2.05) is 25.1 Å². The van der Waals surface area contributed by atoms with E-state index in [4.69, 9.17) is 9.47 Å². The van der Waals surface area contributed by atoms with Gasteiger partial charge in [-0.25, -0.2) is 4.79 Å². The fourth-order valence-corrected chi connectivity index (χ4v) is 3.08. The molecule has 0 spiro atoms. The quantitative estimate of drug-likeness (QED) is 0.874. The highest BCUT2D eigenvalue weighted by atomic mass is 16.5. The van der Waals surface area contributed by atoms with Crippen molar-refractivity contribution >= 4 is 6.09 Å². The van der Waals surface area contributed by atoms with Crippen LogP contribution in [-0.4, -0.2) is 44.3 Å². The Hall–Kier alpha value is -1.75. The van der Waals surface area contributed by atoms with Gasteiger partial charge in [0, 0.05) is 12.1 Å². The summed E-state index contributed by atoms with van der Waals surface area (Å²) in [6.07, 6.45) is 2.01. The van der Waals surface area contributed by atoms with Gasteiger partial charge >= 0.3 is 6.09 Å². The molecule has 1 unspecified atom stereocenters. The van der Waals surface area contributed by atoms with Gasteiger partial charge in [-0.2, -0.15) is 0 Å². The van der Waals surface area contributed by atoms with Gasteiger partial charge < -0.3 is 14.8 Å². The van der Waals surface area contributed by atoms with Gasteiger partial charge in [-0.3, -0.25) is 4.90 Å². The summed E-state index contributed by atoms with van der Waals surface area (Å²) in [7, 11) is 1.69. The van der Waals surface area contributed by atoms with Crippen LogP contribution in [0.1, 0.15) is 38.3 Å². The van der Waals surface area contributed by atoms with Crippen molar-refractivity contribution in [2.24, 2.45) is 5.92 Å². The minimum absolute atomic E-state index is 0.100. The number of carbonyl (C=O) groups is 1. The Morgan fingerprint density at radius 3 is 2.70 bits per heavy atom. The fraction of sp³-hybridized carbons (Fsp3) is 0.611. The number of methoxy groups -OCH3 is 1. The van der Waals surface area contributed by atoms with Gasteiger partial charge in [-0.05, 0) is 44.8 Å². The minimum atomic E-state index is -0.363. The first-order valence-electron chi connectivity index (χ1n) is 8.43. The van der Waals surface area contributed by atoms with E-state index in [1.54, 1.807) is 7.11 Å². The number of piperidine rings is 1. The average molecular weight is 320 g/mol. The predicted octanol–water partition coefficient (Wildman–Crippen LogP) is 3.21. The number of hydrogen-bond acceptors (Lipinski definition) is 4. The number of nitrogens with zero attached hydrogens (tertiary/aromatic N) is 1. The van der Waals surface area contributed by atoms with Crippen molar-refractivity contribution in [1.29, 1.82) is 0 Å². The maximum atomic E-state index is 11.7. The predicted molar refractivity (Wildman–Crippen MR) is 90.7 cm³/mol. The first-order valence-corrected chi connectivity index (χ1v) is 8.43. The second kappa shape index (κ2) is 8.77. The number of rotatable bonds is 6. The van der Waals surface area contributed by atoms with Crippen LogP contribution in [-0.2, 0) is 4.74 Å². The third-order valence-electron chi connectivity index (χ3n) is 4.47. The van der Waals surface area contributed by atoms with Crippen molar-refractivity contribution in [2.75, 3.05) is 33.4 Å². The lowest BCUT2D eigenvalue weighted by Gasteiger charge is -2.37. The molecule has 1 atom stereocenters. The SMILES string of the molecule is CCOC(=O)NCC(c1ccccc1OC)N1CCC(C)CC1. The van der Waals surface area contributed by atoms with Gasteiger partial charge in [0.1, 0.15) is 5.75 Å². The summed E-state index contributed by atoms with van der Waals surface area (Å²) in [5.41, 5.74) is 1.11. The molecule has 23 heavy (non-hydrogen) atoms. The second-order valence-electron chi connectivity index (χ2n) is 6.08. The summed E-state index contributed by atoms with van der Waals surface area (Å²) in [5, 5.41) is 2.88. The van der Waals surface area contributed by atoms with Gasteiger partial charge in [-0.1, -0.05) is 25.1 Å². The number of likely N-dealkylation sites (tertiary alicyclic amines) is 1. The molecule has 1 aliphatic rings. The summed E-state index contributed by atoms with van der Waals surface area (Å²) >= 11 is 0. The second-order valence-corrected chi connectivity index (χ2v) is 6.08. The molecular formula is C18H28N2O3. The molecule has 0 aromatic heterocycles. The van der Waals surface area contributed by atoms with E-state index in [9.17, 15) is 4.79 Å². The molecule has 128 valence electrons. The number of benzene rings is 1. The molecule has 0 saturated carbocycles. The lowest BCUT2D eigenvalue weighted by Crippen LogP contribution is -2.42. The summed E-state index contributed by atoms with van der Waals surface area (Å²) in [6.45, 7) is 7.08. The van der Waals surface area contributed by atoms with Crippen LogP contribution in [0.5, 0.6) is 5.75 Å². The van der Waals surface area contributed by atoms with Crippen molar-refractivity contribution in [3.63, 3.8) is 0 Å². The Balaban J connectivity index is 2.15. The Bertz CT molecular complexity index is 499. The molecular weight excluding hydrogens is 292 g/mol. The van der Waals surface area contributed by atoms with E-state index >= 15 is 0 Å². The van der Waals surface area contributed by atoms with Crippen molar-refractivity contribution in [1.82, 2.24) is 10.2 Å². The number of ether oxygens (including phenoxy) is 2. The number of nitrogens with one attached hydrogen (secondary N) is 1. The van der Waals surface area contributed by atoms with Gasteiger partial charge in [-0.15, -0.1) is 0 Å². The molecule has 1 amide bonds. The standard InChI is InChI=1S/C18H28N2O3/c1-4-23-18(21)19-13-16(20-11-9-14(2)10-12-20)15-7-5-6-8-17(15)22-3/h5-8,14,16H,4,9-13H2,1-3H3,(H,19,21). The summed E-state index contributed by atoms with van der Waals surface area (Å²) in [6, 6.07) is 8.13. The van der Waals surface area contributed by atoms with Gasteiger partial charge in [0.05, 0.1) is 19.8 Å². The van der Waals surface area contributed by atoms with Crippen molar-refractivity contribution < 1.29 is 14.3 Å². The summed E-state index contributed by atoms with van der Waals surface area (Å²) in [5.74, 6) is 1.63. The van der Waals surface area contributed by atoms with Gasteiger partial charge in [0.2, 0.25) is 0 Å². The van der Waals surface area contributed by atoms with E-state index in [0.29, 0.717) is 13.2 Å². The molecule has 1 aromatic carbocycles. The van der Waals surface area contributed by atoms with Crippen LogP contribution in [0.2, 0.25) is 0 Å². The normalized spacial score (nSPS) is 17.5. The molecule has 0 aliphatic carbocycles. The van der Waals surface area contributed by atoms with E-state index in [2.05, 4.69) is 23.2 Å².